The molecule has 0 fully saturated rings. The summed E-state index contributed by atoms with van der Waals surface area (Å²) in [5.41, 5.74) is 0. The Balaban J connectivity index is 3.14. The molecular weight excluding hydrogens is 92.1 g/mol. The van der Waals surface area contributed by atoms with Gasteiger partial charge in [0.25, 0.3) is 0 Å². The monoisotopic (exact) mass is 103 g/mol. The minimum Gasteiger partial charge on any atom is -0.368 e. The maximum absolute atomic E-state index is 8.34. The lowest BCUT2D eigenvalue weighted by Gasteiger charge is -2.08. The van der Waals surface area contributed by atoms with Crippen molar-refractivity contribution in [1.82, 2.24) is 0 Å². The Morgan fingerprint density at radius 1 is 1.57 bits per heavy atom. The van der Waals surface area contributed by atoms with E-state index < -0.39 is 6.29 Å². The van der Waals surface area contributed by atoms with Crippen molar-refractivity contribution in [2.24, 2.45) is 5.92 Å². The highest BCUT2D eigenvalue weighted by Gasteiger charge is 2.05. The molecule has 0 bridgehead atoms. The first kappa shape index (κ1) is 6.92. The van der Waals surface area contributed by atoms with Gasteiger partial charge in [0, 0.05) is 5.92 Å². The number of hydrogen-bond donors (Lipinski definition) is 2. The fraction of sp³-hybridized carbons (Fsp3) is 0.800. The molecule has 0 rings (SSSR count). The second-order valence-corrected chi connectivity index (χ2v) is 1.68. The predicted octanol–water partition coefficient (Wildman–Crippen LogP) is 0.157. The third-order valence-corrected chi connectivity index (χ3v) is 0.964. The van der Waals surface area contributed by atoms with Gasteiger partial charge in [-0.3, -0.25) is 0 Å². The van der Waals surface area contributed by atoms with Gasteiger partial charge in [-0.25, -0.2) is 0 Å². The van der Waals surface area contributed by atoms with Gasteiger partial charge in [-0.1, -0.05) is 13.8 Å². The standard InChI is InChI=1S/C5H11O2/c1-3-4(2)5(6)7/h4-7H,1,3H2,2H3. The highest BCUT2D eigenvalue weighted by molar-refractivity contribution is 4.53. The highest BCUT2D eigenvalue weighted by atomic mass is 16.5. The summed E-state index contributed by atoms with van der Waals surface area (Å²) in [7, 11) is 0. The normalized spacial score (nSPS) is 15.0. The molecule has 0 aliphatic heterocycles. The van der Waals surface area contributed by atoms with Crippen LogP contribution < -0.4 is 0 Å². The molecule has 0 amide bonds. The predicted molar refractivity (Wildman–Crippen MR) is 27.4 cm³/mol. The van der Waals surface area contributed by atoms with E-state index in [2.05, 4.69) is 6.92 Å². The molecular formula is C5H11O2. The number of aliphatic hydroxyl groups is 2. The number of aliphatic hydroxyl groups excluding tert-OH is 1. The molecule has 2 heteroatoms. The van der Waals surface area contributed by atoms with Gasteiger partial charge in [0.1, 0.15) is 0 Å². The average Bonchev–Trinajstić information content (AvgIpc) is 1.65. The lowest BCUT2D eigenvalue weighted by Crippen LogP contribution is -2.14. The first-order valence-electron chi connectivity index (χ1n) is 2.34. The van der Waals surface area contributed by atoms with Crippen molar-refractivity contribution in [2.45, 2.75) is 19.6 Å². The summed E-state index contributed by atoms with van der Waals surface area (Å²) in [6.07, 6.45) is -0.630. The highest BCUT2D eigenvalue weighted by Crippen LogP contribution is 2.02. The van der Waals surface area contributed by atoms with Crippen LogP contribution in [0.3, 0.4) is 0 Å². The van der Waals surface area contributed by atoms with Gasteiger partial charge in [-0.2, -0.15) is 0 Å². The summed E-state index contributed by atoms with van der Waals surface area (Å²) in [6.45, 7) is 5.22. The zero-order chi connectivity index (χ0) is 5.86. The molecule has 0 saturated heterocycles. The van der Waals surface area contributed by atoms with Gasteiger partial charge in [-0.15, -0.1) is 0 Å². The molecule has 2 nitrogen and oxygen atoms in total. The molecule has 0 spiro atoms. The van der Waals surface area contributed by atoms with Crippen molar-refractivity contribution < 1.29 is 10.2 Å². The smallest absolute Gasteiger partial charge is 0.154 e. The van der Waals surface area contributed by atoms with Gasteiger partial charge in [0.15, 0.2) is 6.29 Å². The van der Waals surface area contributed by atoms with Crippen LogP contribution in [0.15, 0.2) is 0 Å². The maximum atomic E-state index is 8.34. The van der Waals surface area contributed by atoms with Crippen LogP contribution in [0.25, 0.3) is 0 Å². The van der Waals surface area contributed by atoms with E-state index in [1.165, 1.54) is 0 Å². The maximum Gasteiger partial charge on any atom is 0.154 e. The minimum absolute atomic E-state index is 0.0972. The van der Waals surface area contributed by atoms with Gasteiger partial charge in [0.05, 0.1) is 0 Å². The zero-order valence-corrected chi connectivity index (χ0v) is 4.46. The van der Waals surface area contributed by atoms with Crippen molar-refractivity contribution in [1.29, 1.82) is 0 Å². The lowest BCUT2D eigenvalue weighted by atomic mass is 10.1. The van der Waals surface area contributed by atoms with E-state index in [0.29, 0.717) is 6.42 Å². The van der Waals surface area contributed by atoms with Gasteiger partial charge >= 0.3 is 0 Å². The lowest BCUT2D eigenvalue weighted by molar-refractivity contribution is -0.0775. The first-order chi connectivity index (χ1) is 3.18. The summed E-state index contributed by atoms with van der Waals surface area (Å²) in [4.78, 5) is 0. The second-order valence-electron chi connectivity index (χ2n) is 1.68. The fourth-order valence-electron chi connectivity index (χ4n) is 0.149. The number of rotatable bonds is 2. The Morgan fingerprint density at radius 2 is 2.00 bits per heavy atom. The third kappa shape index (κ3) is 2.60. The summed E-state index contributed by atoms with van der Waals surface area (Å²) >= 11 is 0. The molecule has 0 aromatic rings. The molecule has 0 aromatic heterocycles. The molecule has 2 N–H and O–H groups in total. The van der Waals surface area contributed by atoms with E-state index in [9.17, 15) is 0 Å². The Hall–Kier alpha value is -0.0800. The van der Waals surface area contributed by atoms with Gasteiger partial charge in [0.2, 0.25) is 0 Å². The fourth-order valence-corrected chi connectivity index (χ4v) is 0.149. The molecule has 1 unspecified atom stereocenters. The van der Waals surface area contributed by atoms with E-state index >= 15 is 0 Å². The van der Waals surface area contributed by atoms with Crippen LogP contribution in [-0.4, -0.2) is 16.5 Å². The van der Waals surface area contributed by atoms with E-state index in [-0.39, 0.29) is 5.92 Å². The molecule has 0 aliphatic carbocycles. The van der Waals surface area contributed by atoms with Crippen molar-refractivity contribution >= 4 is 0 Å². The van der Waals surface area contributed by atoms with Gasteiger partial charge < -0.3 is 10.2 Å². The van der Waals surface area contributed by atoms with Crippen molar-refractivity contribution in [3.8, 4) is 0 Å². The SMILES string of the molecule is [CH2]CC(C)C(O)O. The topological polar surface area (TPSA) is 40.5 Å². The van der Waals surface area contributed by atoms with Crippen LogP contribution in [-0.2, 0) is 0 Å². The van der Waals surface area contributed by atoms with E-state index in [0.717, 1.165) is 0 Å². The van der Waals surface area contributed by atoms with Crippen LogP contribution in [0.5, 0.6) is 0 Å². The molecule has 1 radical (unpaired) electrons. The Bertz CT molecular complexity index is 43.3. The molecule has 0 aliphatic rings. The van der Waals surface area contributed by atoms with Crippen molar-refractivity contribution in [2.75, 3.05) is 0 Å². The summed E-state index contributed by atoms with van der Waals surface area (Å²) < 4.78 is 0. The van der Waals surface area contributed by atoms with E-state index in [1.807, 2.05) is 0 Å². The van der Waals surface area contributed by atoms with Crippen LogP contribution in [0.1, 0.15) is 13.3 Å². The third-order valence-electron chi connectivity index (χ3n) is 0.964. The van der Waals surface area contributed by atoms with Crippen molar-refractivity contribution in [3.63, 3.8) is 0 Å². The Morgan fingerprint density at radius 3 is 2.00 bits per heavy atom. The summed E-state index contributed by atoms with van der Waals surface area (Å²) in [5.74, 6) is -0.0972. The minimum atomic E-state index is -1.20. The second kappa shape index (κ2) is 2.99. The molecule has 43 valence electrons. The van der Waals surface area contributed by atoms with Crippen LogP contribution >= 0.6 is 0 Å². The Kier molecular flexibility index (Phi) is 2.96. The molecule has 0 heterocycles. The molecule has 0 saturated carbocycles. The van der Waals surface area contributed by atoms with Gasteiger partial charge in [-0.05, 0) is 6.42 Å². The van der Waals surface area contributed by atoms with E-state index in [1.54, 1.807) is 6.92 Å². The van der Waals surface area contributed by atoms with E-state index in [4.69, 9.17) is 10.2 Å². The first-order valence-corrected chi connectivity index (χ1v) is 2.34. The summed E-state index contributed by atoms with van der Waals surface area (Å²) in [5, 5.41) is 16.7. The largest absolute Gasteiger partial charge is 0.368 e. The molecule has 1 atom stereocenters. The van der Waals surface area contributed by atoms with Crippen molar-refractivity contribution in [3.05, 3.63) is 6.92 Å². The Labute approximate surface area is 43.8 Å². The zero-order valence-electron chi connectivity index (χ0n) is 4.46. The average molecular weight is 103 g/mol. The molecule has 0 aromatic carbocycles. The van der Waals surface area contributed by atoms with Crippen LogP contribution in [0.2, 0.25) is 0 Å². The van der Waals surface area contributed by atoms with Crippen LogP contribution in [0, 0.1) is 12.8 Å². The molecule has 7 heavy (non-hydrogen) atoms. The van der Waals surface area contributed by atoms with Crippen LogP contribution in [0.4, 0.5) is 0 Å². The summed E-state index contributed by atoms with van der Waals surface area (Å²) in [6, 6.07) is 0. The quantitative estimate of drug-likeness (QED) is 0.489. The number of hydrogen-bond acceptors (Lipinski definition) is 2.